The smallest absolute Gasteiger partial charge is 0.249 e. The number of anilines is 1. The van der Waals surface area contributed by atoms with Crippen LogP contribution in [0.1, 0.15) is 23.1 Å². The van der Waals surface area contributed by atoms with Crippen molar-refractivity contribution in [2.45, 2.75) is 20.3 Å². The van der Waals surface area contributed by atoms with Crippen LogP contribution in [0.15, 0.2) is 41.5 Å². The van der Waals surface area contributed by atoms with E-state index in [1.54, 1.807) is 18.2 Å². The molecule has 0 aromatic heterocycles. The third-order valence-corrected chi connectivity index (χ3v) is 3.72. The van der Waals surface area contributed by atoms with Crippen LogP contribution in [0.3, 0.4) is 0 Å². The van der Waals surface area contributed by atoms with Crippen molar-refractivity contribution in [1.82, 2.24) is 5.43 Å². The van der Waals surface area contributed by atoms with Crippen molar-refractivity contribution in [1.29, 1.82) is 0 Å². The Morgan fingerprint density at radius 2 is 1.88 bits per heavy atom. The lowest BCUT2D eigenvalue weighted by molar-refractivity contribution is -0.126. The molecule has 2 aromatic carbocycles. The maximum Gasteiger partial charge on any atom is 0.249 e. The molecule has 136 valence electrons. The summed E-state index contributed by atoms with van der Waals surface area (Å²) in [4.78, 5) is 23.7. The van der Waals surface area contributed by atoms with Crippen molar-refractivity contribution >= 4 is 23.7 Å². The maximum atomic E-state index is 11.9. The number of phenolic OH excluding ortho intramolecular Hbond substituents is 1. The molecule has 0 bridgehead atoms. The molecule has 0 aliphatic rings. The lowest BCUT2D eigenvalue weighted by Crippen LogP contribution is -2.24. The van der Waals surface area contributed by atoms with Gasteiger partial charge in [0.1, 0.15) is 6.42 Å². The first-order valence-corrected chi connectivity index (χ1v) is 7.95. The first-order valence-electron chi connectivity index (χ1n) is 7.95. The van der Waals surface area contributed by atoms with E-state index in [0.717, 1.165) is 11.1 Å². The van der Waals surface area contributed by atoms with E-state index in [-0.39, 0.29) is 12.2 Å². The number of amides is 2. The highest BCUT2D eigenvalue weighted by Crippen LogP contribution is 2.25. The SMILES string of the molecule is COc1cc(C=NNC(=O)CC(=O)Nc2ccc(C)c(C)c2)ccc1O. The fourth-order valence-corrected chi connectivity index (χ4v) is 2.16. The van der Waals surface area contributed by atoms with Gasteiger partial charge in [0.05, 0.1) is 13.3 Å². The van der Waals surface area contributed by atoms with Gasteiger partial charge in [-0.3, -0.25) is 9.59 Å². The maximum absolute atomic E-state index is 11.9. The number of carbonyl (C=O) groups is 2. The average Bonchev–Trinajstić information content (AvgIpc) is 2.59. The summed E-state index contributed by atoms with van der Waals surface area (Å²) in [6.07, 6.45) is 1.05. The highest BCUT2D eigenvalue weighted by Gasteiger charge is 2.09. The second-order valence-electron chi connectivity index (χ2n) is 5.75. The Hall–Kier alpha value is -3.35. The van der Waals surface area contributed by atoms with Crippen molar-refractivity contribution in [2.75, 3.05) is 12.4 Å². The van der Waals surface area contributed by atoms with Crippen LogP contribution < -0.4 is 15.5 Å². The number of aromatic hydroxyl groups is 1. The minimum atomic E-state index is -0.534. The summed E-state index contributed by atoms with van der Waals surface area (Å²) < 4.78 is 4.99. The van der Waals surface area contributed by atoms with Gasteiger partial charge in [-0.2, -0.15) is 5.10 Å². The van der Waals surface area contributed by atoms with E-state index in [9.17, 15) is 14.7 Å². The van der Waals surface area contributed by atoms with Gasteiger partial charge < -0.3 is 15.2 Å². The van der Waals surface area contributed by atoms with Gasteiger partial charge in [-0.25, -0.2) is 5.43 Å². The predicted molar refractivity (Wildman–Crippen MR) is 99.6 cm³/mol. The van der Waals surface area contributed by atoms with E-state index in [4.69, 9.17) is 4.74 Å². The molecule has 0 radical (unpaired) electrons. The van der Waals surface area contributed by atoms with Crippen LogP contribution in [-0.4, -0.2) is 30.2 Å². The molecular weight excluding hydrogens is 334 g/mol. The molecule has 2 amide bonds. The standard InChI is InChI=1S/C19H21N3O4/c1-12-4-6-15(8-13(12)2)21-18(24)10-19(25)22-20-11-14-5-7-16(23)17(9-14)26-3/h4-9,11,23H,10H2,1-3H3,(H,21,24)(H,22,25). The molecule has 2 rings (SSSR count). The minimum absolute atomic E-state index is 0.0108. The van der Waals surface area contributed by atoms with E-state index >= 15 is 0 Å². The predicted octanol–water partition coefficient (Wildman–Crippen LogP) is 2.50. The van der Waals surface area contributed by atoms with E-state index in [0.29, 0.717) is 17.0 Å². The zero-order chi connectivity index (χ0) is 19.1. The first kappa shape index (κ1) is 19.0. The van der Waals surface area contributed by atoms with Crippen LogP contribution in [0, 0.1) is 13.8 Å². The number of benzene rings is 2. The van der Waals surface area contributed by atoms with E-state index in [2.05, 4.69) is 15.8 Å². The number of ether oxygens (including phenoxy) is 1. The Kier molecular flexibility index (Phi) is 6.32. The number of aryl methyl sites for hydroxylation is 2. The zero-order valence-electron chi connectivity index (χ0n) is 14.9. The van der Waals surface area contributed by atoms with Crippen LogP contribution >= 0.6 is 0 Å². The molecule has 0 aliphatic heterocycles. The Bertz CT molecular complexity index is 847. The fourth-order valence-electron chi connectivity index (χ4n) is 2.16. The average molecular weight is 355 g/mol. The van der Waals surface area contributed by atoms with Gasteiger partial charge in [-0.05, 0) is 60.9 Å². The van der Waals surface area contributed by atoms with Gasteiger partial charge in [-0.1, -0.05) is 6.07 Å². The molecule has 7 heteroatoms. The van der Waals surface area contributed by atoms with Crippen molar-refractivity contribution in [3.63, 3.8) is 0 Å². The number of hydrazone groups is 1. The third-order valence-electron chi connectivity index (χ3n) is 3.72. The molecule has 0 spiro atoms. The highest BCUT2D eigenvalue weighted by molar-refractivity contribution is 6.03. The van der Waals surface area contributed by atoms with Crippen molar-refractivity contribution in [2.24, 2.45) is 5.10 Å². The van der Waals surface area contributed by atoms with Crippen LogP contribution in [-0.2, 0) is 9.59 Å². The van der Waals surface area contributed by atoms with Gasteiger partial charge in [0.15, 0.2) is 11.5 Å². The molecule has 0 saturated carbocycles. The van der Waals surface area contributed by atoms with Crippen molar-refractivity contribution < 1.29 is 19.4 Å². The van der Waals surface area contributed by atoms with Crippen LogP contribution in [0.5, 0.6) is 11.5 Å². The van der Waals surface area contributed by atoms with Crippen molar-refractivity contribution in [3.8, 4) is 11.5 Å². The number of hydrogen-bond acceptors (Lipinski definition) is 5. The zero-order valence-corrected chi connectivity index (χ0v) is 14.9. The van der Waals surface area contributed by atoms with Gasteiger partial charge in [-0.15, -0.1) is 0 Å². The van der Waals surface area contributed by atoms with Crippen LogP contribution in [0.2, 0.25) is 0 Å². The second kappa shape index (κ2) is 8.66. The molecule has 0 saturated heterocycles. The van der Waals surface area contributed by atoms with Gasteiger partial charge in [0.25, 0.3) is 0 Å². The van der Waals surface area contributed by atoms with E-state index < -0.39 is 11.8 Å². The fraction of sp³-hybridized carbons (Fsp3) is 0.211. The summed E-state index contributed by atoms with van der Waals surface area (Å²) in [7, 11) is 1.44. The summed E-state index contributed by atoms with van der Waals surface area (Å²) >= 11 is 0. The molecule has 3 N–H and O–H groups in total. The van der Waals surface area contributed by atoms with Crippen LogP contribution in [0.4, 0.5) is 5.69 Å². The number of nitrogens with zero attached hydrogens (tertiary/aromatic N) is 1. The van der Waals surface area contributed by atoms with E-state index in [1.165, 1.54) is 19.4 Å². The summed E-state index contributed by atoms with van der Waals surface area (Å²) in [6.45, 7) is 3.93. The minimum Gasteiger partial charge on any atom is -0.504 e. The molecule has 2 aromatic rings. The molecule has 7 nitrogen and oxygen atoms in total. The second-order valence-corrected chi connectivity index (χ2v) is 5.75. The molecule has 0 atom stereocenters. The number of nitrogens with one attached hydrogen (secondary N) is 2. The molecule has 0 fully saturated rings. The Balaban J connectivity index is 1.86. The number of methoxy groups -OCH3 is 1. The topological polar surface area (TPSA) is 100 Å². The normalized spacial score (nSPS) is 10.6. The lowest BCUT2D eigenvalue weighted by Gasteiger charge is -2.07. The third kappa shape index (κ3) is 5.34. The van der Waals surface area contributed by atoms with Crippen molar-refractivity contribution in [3.05, 3.63) is 53.1 Å². The first-order chi connectivity index (χ1) is 12.4. The number of hydrogen-bond donors (Lipinski definition) is 3. The monoisotopic (exact) mass is 355 g/mol. The molecule has 0 heterocycles. The molecule has 26 heavy (non-hydrogen) atoms. The quantitative estimate of drug-likeness (QED) is 0.421. The van der Waals surface area contributed by atoms with Gasteiger partial charge in [0.2, 0.25) is 11.8 Å². The molecule has 0 unspecified atom stereocenters. The lowest BCUT2D eigenvalue weighted by atomic mass is 10.1. The Morgan fingerprint density at radius 1 is 1.12 bits per heavy atom. The summed E-state index contributed by atoms with van der Waals surface area (Å²) in [5.74, 6) is -0.648. The molecule has 0 aliphatic carbocycles. The number of carbonyl (C=O) groups excluding carboxylic acids is 2. The summed E-state index contributed by atoms with van der Waals surface area (Å²) in [5.41, 5.74) is 5.74. The highest BCUT2D eigenvalue weighted by atomic mass is 16.5. The Labute approximate surface area is 151 Å². The summed E-state index contributed by atoms with van der Waals surface area (Å²) in [5, 5.41) is 16.0. The number of phenols is 1. The largest absolute Gasteiger partial charge is 0.504 e. The van der Waals surface area contributed by atoms with Gasteiger partial charge >= 0.3 is 0 Å². The van der Waals surface area contributed by atoms with E-state index in [1.807, 2.05) is 26.0 Å². The number of rotatable bonds is 6. The summed E-state index contributed by atoms with van der Waals surface area (Å²) in [6, 6.07) is 10.2. The van der Waals surface area contributed by atoms with Crippen LogP contribution in [0.25, 0.3) is 0 Å². The Morgan fingerprint density at radius 3 is 2.58 bits per heavy atom. The van der Waals surface area contributed by atoms with Gasteiger partial charge in [0, 0.05) is 5.69 Å². The molecular formula is C19H21N3O4.